The number of carbonyl (C=O) groups excluding carboxylic acids is 1. The smallest absolute Gasteiger partial charge is 0.340 e. The SMILES string of the molecule is CCOC(=O)c1cnc2ccc(=O)[nH]c2c1-c1ccccc1Br. The highest BCUT2D eigenvalue weighted by atomic mass is 79.9. The maximum Gasteiger partial charge on any atom is 0.340 e. The van der Waals surface area contributed by atoms with Gasteiger partial charge < -0.3 is 9.72 Å². The van der Waals surface area contributed by atoms with E-state index in [1.165, 1.54) is 12.3 Å². The predicted molar refractivity (Wildman–Crippen MR) is 91.5 cm³/mol. The molecule has 3 rings (SSSR count). The number of esters is 1. The molecule has 6 heteroatoms. The molecule has 0 amide bonds. The van der Waals surface area contributed by atoms with Gasteiger partial charge in [0.2, 0.25) is 5.56 Å². The number of benzene rings is 1. The second-order valence-corrected chi connectivity index (χ2v) is 5.68. The molecule has 0 saturated carbocycles. The quantitative estimate of drug-likeness (QED) is 0.713. The molecular formula is C17H13BrN2O3. The molecule has 3 aromatic rings. The molecule has 0 radical (unpaired) electrons. The lowest BCUT2D eigenvalue weighted by molar-refractivity contribution is 0.0527. The molecule has 0 aliphatic heterocycles. The van der Waals surface area contributed by atoms with Gasteiger partial charge in [-0.1, -0.05) is 34.1 Å². The molecule has 1 aromatic carbocycles. The van der Waals surface area contributed by atoms with E-state index in [0.29, 0.717) is 22.2 Å². The van der Waals surface area contributed by atoms with Gasteiger partial charge in [0.1, 0.15) is 0 Å². The van der Waals surface area contributed by atoms with Gasteiger partial charge in [-0.25, -0.2) is 4.79 Å². The minimum absolute atomic E-state index is 0.256. The van der Waals surface area contributed by atoms with Gasteiger partial charge >= 0.3 is 5.97 Å². The van der Waals surface area contributed by atoms with Crippen molar-refractivity contribution in [3.8, 4) is 11.1 Å². The summed E-state index contributed by atoms with van der Waals surface area (Å²) in [6.45, 7) is 2.00. The molecule has 0 aliphatic carbocycles. The Labute approximate surface area is 140 Å². The molecule has 5 nitrogen and oxygen atoms in total. The molecule has 23 heavy (non-hydrogen) atoms. The van der Waals surface area contributed by atoms with Crippen LogP contribution in [0.5, 0.6) is 0 Å². The molecule has 0 atom stereocenters. The van der Waals surface area contributed by atoms with Crippen LogP contribution >= 0.6 is 15.9 Å². The van der Waals surface area contributed by atoms with Gasteiger partial charge in [0.05, 0.1) is 23.2 Å². The van der Waals surface area contributed by atoms with Gasteiger partial charge in [0, 0.05) is 22.3 Å². The molecule has 1 N–H and O–H groups in total. The van der Waals surface area contributed by atoms with Crippen LogP contribution in [0.15, 0.2) is 51.9 Å². The Kier molecular flexibility index (Phi) is 4.25. The van der Waals surface area contributed by atoms with E-state index in [0.717, 1.165) is 10.0 Å². The van der Waals surface area contributed by atoms with E-state index in [-0.39, 0.29) is 12.2 Å². The van der Waals surface area contributed by atoms with Crippen molar-refractivity contribution < 1.29 is 9.53 Å². The summed E-state index contributed by atoms with van der Waals surface area (Å²) in [4.78, 5) is 31.1. The lowest BCUT2D eigenvalue weighted by Gasteiger charge is -2.13. The second kappa shape index (κ2) is 6.34. The highest BCUT2D eigenvalue weighted by Crippen LogP contribution is 2.34. The second-order valence-electron chi connectivity index (χ2n) is 4.83. The molecule has 116 valence electrons. The van der Waals surface area contributed by atoms with Gasteiger partial charge in [-0.15, -0.1) is 0 Å². The fourth-order valence-corrected chi connectivity index (χ4v) is 2.89. The fraction of sp³-hybridized carbons (Fsp3) is 0.118. The summed E-state index contributed by atoms with van der Waals surface area (Å²) in [7, 11) is 0. The number of ether oxygens (including phenoxy) is 1. The molecule has 0 bridgehead atoms. The predicted octanol–water partition coefficient (Wildman–Crippen LogP) is 3.53. The van der Waals surface area contributed by atoms with Crippen LogP contribution in [0.1, 0.15) is 17.3 Å². The Morgan fingerprint density at radius 3 is 2.78 bits per heavy atom. The van der Waals surface area contributed by atoms with Crippen LogP contribution in [-0.4, -0.2) is 22.5 Å². The summed E-state index contributed by atoms with van der Waals surface area (Å²) in [5.74, 6) is -0.475. The van der Waals surface area contributed by atoms with Crippen molar-refractivity contribution in [3.05, 3.63) is 63.0 Å². The first-order chi connectivity index (χ1) is 11.1. The number of aromatic nitrogens is 2. The zero-order valence-corrected chi connectivity index (χ0v) is 13.9. The molecule has 0 aliphatic rings. The van der Waals surface area contributed by atoms with E-state index in [2.05, 4.69) is 25.9 Å². The standard InChI is InChI=1S/C17H13BrN2O3/c1-2-23-17(22)11-9-19-13-7-8-14(21)20-16(13)15(11)10-5-3-4-6-12(10)18/h3-9H,2H2,1H3,(H,20,21). The highest BCUT2D eigenvalue weighted by Gasteiger charge is 2.20. The minimum Gasteiger partial charge on any atom is -0.462 e. The number of pyridine rings is 2. The Hall–Kier alpha value is -2.47. The lowest BCUT2D eigenvalue weighted by Crippen LogP contribution is -2.10. The highest BCUT2D eigenvalue weighted by molar-refractivity contribution is 9.10. The molecule has 0 saturated heterocycles. The first-order valence-corrected chi connectivity index (χ1v) is 7.85. The maximum atomic E-state index is 12.3. The van der Waals surface area contributed by atoms with Crippen molar-refractivity contribution in [1.82, 2.24) is 9.97 Å². The van der Waals surface area contributed by atoms with Crippen LogP contribution in [0.4, 0.5) is 0 Å². The van der Waals surface area contributed by atoms with Crippen LogP contribution in [0, 0.1) is 0 Å². The third-order valence-electron chi connectivity index (χ3n) is 3.39. The summed E-state index contributed by atoms with van der Waals surface area (Å²) in [5.41, 5.74) is 2.54. The average Bonchev–Trinajstić information content (AvgIpc) is 2.54. The Bertz CT molecular complexity index is 950. The zero-order chi connectivity index (χ0) is 16.4. The normalized spacial score (nSPS) is 10.7. The summed E-state index contributed by atoms with van der Waals surface area (Å²) < 4.78 is 5.93. The zero-order valence-electron chi connectivity index (χ0n) is 12.3. The summed E-state index contributed by atoms with van der Waals surface area (Å²) in [6, 6.07) is 10.5. The topological polar surface area (TPSA) is 72.0 Å². The summed E-state index contributed by atoms with van der Waals surface area (Å²) in [5, 5.41) is 0. The van der Waals surface area contributed by atoms with Crippen LogP contribution in [0.3, 0.4) is 0 Å². The number of hydrogen-bond donors (Lipinski definition) is 1. The van der Waals surface area contributed by atoms with Gasteiger partial charge in [0.15, 0.2) is 0 Å². The number of H-pyrrole nitrogens is 1. The fourth-order valence-electron chi connectivity index (χ4n) is 2.41. The van der Waals surface area contributed by atoms with Gasteiger partial charge in [0.25, 0.3) is 0 Å². The number of aromatic amines is 1. The van der Waals surface area contributed by atoms with Crippen molar-refractivity contribution in [2.75, 3.05) is 6.61 Å². The Morgan fingerprint density at radius 2 is 2.04 bits per heavy atom. The number of fused-ring (bicyclic) bond motifs is 1. The van der Waals surface area contributed by atoms with E-state index >= 15 is 0 Å². The summed E-state index contributed by atoms with van der Waals surface area (Å²) in [6.07, 6.45) is 1.48. The van der Waals surface area contributed by atoms with E-state index < -0.39 is 5.97 Å². The van der Waals surface area contributed by atoms with Gasteiger partial charge in [-0.2, -0.15) is 0 Å². The largest absolute Gasteiger partial charge is 0.462 e. The first kappa shape index (κ1) is 15.4. The van der Waals surface area contributed by atoms with Crippen LogP contribution in [0.25, 0.3) is 22.2 Å². The molecule has 2 heterocycles. The Morgan fingerprint density at radius 1 is 1.26 bits per heavy atom. The molecule has 0 spiro atoms. The van der Waals surface area contributed by atoms with Gasteiger partial charge in [-0.3, -0.25) is 9.78 Å². The molecule has 0 unspecified atom stereocenters. The monoisotopic (exact) mass is 372 g/mol. The van der Waals surface area contributed by atoms with Crippen LogP contribution < -0.4 is 5.56 Å². The van der Waals surface area contributed by atoms with Crippen molar-refractivity contribution in [2.45, 2.75) is 6.92 Å². The minimum atomic E-state index is -0.475. The van der Waals surface area contributed by atoms with Crippen molar-refractivity contribution >= 4 is 32.9 Å². The average molecular weight is 373 g/mol. The number of carbonyl (C=O) groups is 1. The Balaban J connectivity index is 2.40. The van der Waals surface area contributed by atoms with Crippen molar-refractivity contribution in [3.63, 3.8) is 0 Å². The number of rotatable bonds is 3. The number of halogens is 1. The van der Waals surface area contributed by atoms with Crippen molar-refractivity contribution in [2.24, 2.45) is 0 Å². The number of nitrogens with one attached hydrogen (secondary N) is 1. The molecule has 2 aromatic heterocycles. The van der Waals surface area contributed by atoms with Crippen molar-refractivity contribution in [1.29, 1.82) is 0 Å². The van der Waals surface area contributed by atoms with E-state index in [1.807, 2.05) is 24.3 Å². The van der Waals surface area contributed by atoms with E-state index in [9.17, 15) is 9.59 Å². The number of nitrogens with zero attached hydrogens (tertiary/aromatic N) is 1. The van der Waals surface area contributed by atoms with Crippen LogP contribution in [0.2, 0.25) is 0 Å². The summed E-state index contributed by atoms with van der Waals surface area (Å²) >= 11 is 3.50. The lowest BCUT2D eigenvalue weighted by atomic mass is 9.99. The number of hydrogen-bond acceptors (Lipinski definition) is 4. The van der Waals surface area contributed by atoms with E-state index in [1.54, 1.807) is 13.0 Å². The third kappa shape index (κ3) is 2.90. The third-order valence-corrected chi connectivity index (χ3v) is 4.08. The van der Waals surface area contributed by atoms with E-state index in [4.69, 9.17) is 4.74 Å². The van der Waals surface area contributed by atoms with Crippen LogP contribution in [-0.2, 0) is 4.74 Å². The van der Waals surface area contributed by atoms with Gasteiger partial charge in [-0.05, 0) is 24.6 Å². The molecule has 0 fully saturated rings. The maximum absolute atomic E-state index is 12.3. The first-order valence-electron chi connectivity index (χ1n) is 7.06. The molecular weight excluding hydrogens is 360 g/mol.